The van der Waals surface area contributed by atoms with Gasteiger partial charge in [0.05, 0.1) is 0 Å². The molecule has 0 aromatic carbocycles. The fourth-order valence-corrected chi connectivity index (χ4v) is 2.97. The van der Waals surface area contributed by atoms with Crippen LogP contribution >= 0.6 is 11.8 Å². The number of nitrogens with one attached hydrogen (secondary N) is 1. The molecule has 0 aromatic rings. The molecule has 1 rings (SSSR count). The first-order valence-electron chi connectivity index (χ1n) is 6.38. The van der Waals surface area contributed by atoms with Gasteiger partial charge in [-0.15, -0.1) is 0 Å². The molecule has 1 heterocycles. The highest BCUT2D eigenvalue weighted by molar-refractivity contribution is 7.99. The van der Waals surface area contributed by atoms with Gasteiger partial charge in [-0.3, -0.25) is 0 Å². The highest BCUT2D eigenvalue weighted by Crippen LogP contribution is 2.10. The Labute approximate surface area is 99.2 Å². The Morgan fingerprint density at radius 1 is 1.00 bits per heavy atom. The van der Waals surface area contributed by atoms with E-state index in [1.807, 2.05) is 7.05 Å². The Hall–Kier alpha value is 0.270. The van der Waals surface area contributed by atoms with E-state index in [-0.39, 0.29) is 0 Å². The summed E-state index contributed by atoms with van der Waals surface area (Å²) in [5.74, 6) is 2.70. The van der Waals surface area contributed by atoms with Gasteiger partial charge < -0.3 is 10.2 Å². The van der Waals surface area contributed by atoms with Gasteiger partial charge in [-0.05, 0) is 33.0 Å². The molecule has 0 saturated carbocycles. The number of nitrogens with zero attached hydrogens (tertiary/aromatic N) is 1. The molecule has 2 nitrogen and oxygen atoms in total. The number of hydrogen-bond donors (Lipinski definition) is 1. The molecular weight excluding hydrogens is 204 g/mol. The molecule has 0 amide bonds. The van der Waals surface area contributed by atoms with Crippen molar-refractivity contribution in [3.8, 4) is 0 Å². The molecule has 1 aliphatic rings. The third-order valence-corrected chi connectivity index (χ3v) is 3.95. The molecule has 1 aliphatic heterocycles. The molecule has 1 N–H and O–H groups in total. The molecule has 1 fully saturated rings. The van der Waals surface area contributed by atoms with Gasteiger partial charge in [-0.1, -0.05) is 19.3 Å². The minimum atomic E-state index is 1.18. The van der Waals surface area contributed by atoms with Crippen LogP contribution in [0.4, 0.5) is 0 Å². The summed E-state index contributed by atoms with van der Waals surface area (Å²) in [6, 6.07) is 0. The largest absolute Gasteiger partial charge is 0.320 e. The van der Waals surface area contributed by atoms with Crippen molar-refractivity contribution in [3.63, 3.8) is 0 Å². The van der Waals surface area contributed by atoms with Crippen LogP contribution in [-0.2, 0) is 0 Å². The van der Waals surface area contributed by atoms with Crippen molar-refractivity contribution in [2.75, 3.05) is 44.7 Å². The predicted octanol–water partition coefficient (Wildman–Crippen LogP) is 2.21. The minimum Gasteiger partial charge on any atom is -0.320 e. The molecule has 0 atom stereocenters. The Morgan fingerprint density at radius 3 is 2.40 bits per heavy atom. The zero-order valence-corrected chi connectivity index (χ0v) is 11.0. The van der Waals surface area contributed by atoms with Crippen LogP contribution in [0.15, 0.2) is 0 Å². The van der Waals surface area contributed by atoms with E-state index in [0.717, 1.165) is 0 Å². The molecule has 15 heavy (non-hydrogen) atoms. The second-order valence-electron chi connectivity index (χ2n) is 4.33. The van der Waals surface area contributed by atoms with E-state index in [0.29, 0.717) is 0 Å². The van der Waals surface area contributed by atoms with Crippen molar-refractivity contribution in [3.05, 3.63) is 0 Å². The van der Waals surface area contributed by atoms with Gasteiger partial charge in [-0.2, -0.15) is 11.8 Å². The van der Waals surface area contributed by atoms with Gasteiger partial charge in [0.1, 0.15) is 0 Å². The highest BCUT2D eigenvalue weighted by atomic mass is 32.2. The van der Waals surface area contributed by atoms with E-state index < -0.39 is 0 Å². The quantitative estimate of drug-likeness (QED) is 0.644. The maximum Gasteiger partial charge on any atom is 0.00727 e. The lowest BCUT2D eigenvalue weighted by Crippen LogP contribution is -2.33. The zero-order chi connectivity index (χ0) is 10.8. The summed E-state index contributed by atoms with van der Waals surface area (Å²) in [4.78, 5) is 2.63. The molecule has 0 bridgehead atoms. The second-order valence-corrected chi connectivity index (χ2v) is 5.55. The van der Waals surface area contributed by atoms with Gasteiger partial charge in [-0.25, -0.2) is 0 Å². The van der Waals surface area contributed by atoms with Crippen molar-refractivity contribution in [2.45, 2.75) is 32.1 Å². The summed E-state index contributed by atoms with van der Waals surface area (Å²) in [5, 5.41) is 3.20. The van der Waals surface area contributed by atoms with E-state index in [1.54, 1.807) is 0 Å². The van der Waals surface area contributed by atoms with Gasteiger partial charge >= 0.3 is 0 Å². The smallest absolute Gasteiger partial charge is 0.00727 e. The maximum atomic E-state index is 3.20. The zero-order valence-electron chi connectivity index (χ0n) is 10.1. The normalized spacial score (nSPS) is 18.2. The van der Waals surface area contributed by atoms with Crippen LogP contribution in [-0.4, -0.2) is 49.6 Å². The lowest BCUT2D eigenvalue weighted by Gasteiger charge is -2.25. The second kappa shape index (κ2) is 9.49. The Kier molecular flexibility index (Phi) is 8.44. The molecule has 3 heteroatoms. The van der Waals surface area contributed by atoms with E-state index in [1.165, 1.54) is 69.8 Å². The number of hydrogen-bond acceptors (Lipinski definition) is 3. The van der Waals surface area contributed by atoms with Crippen LogP contribution in [0, 0.1) is 0 Å². The SMILES string of the molecule is CNCCCCCCCN1CCSCC1. The third kappa shape index (κ3) is 7.20. The summed E-state index contributed by atoms with van der Waals surface area (Å²) >= 11 is 2.10. The van der Waals surface area contributed by atoms with Crippen molar-refractivity contribution in [2.24, 2.45) is 0 Å². The fourth-order valence-electron chi connectivity index (χ4n) is 1.99. The topological polar surface area (TPSA) is 15.3 Å². The van der Waals surface area contributed by atoms with Crippen LogP contribution in [0.3, 0.4) is 0 Å². The number of unbranched alkanes of at least 4 members (excludes halogenated alkanes) is 4. The molecule has 0 unspecified atom stereocenters. The average molecular weight is 230 g/mol. The summed E-state index contributed by atoms with van der Waals surface area (Å²) in [5.41, 5.74) is 0. The van der Waals surface area contributed by atoms with E-state index >= 15 is 0 Å². The van der Waals surface area contributed by atoms with Gasteiger partial charge in [0.25, 0.3) is 0 Å². The Morgan fingerprint density at radius 2 is 1.67 bits per heavy atom. The first kappa shape index (κ1) is 13.3. The van der Waals surface area contributed by atoms with Crippen molar-refractivity contribution < 1.29 is 0 Å². The van der Waals surface area contributed by atoms with Crippen LogP contribution in [0.2, 0.25) is 0 Å². The molecule has 0 aromatic heterocycles. The molecule has 0 spiro atoms. The average Bonchev–Trinajstić information content (AvgIpc) is 2.29. The lowest BCUT2D eigenvalue weighted by molar-refractivity contribution is 0.294. The molecule has 90 valence electrons. The first-order valence-corrected chi connectivity index (χ1v) is 7.53. The molecule has 1 saturated heterocycles. The van der Waals surface area contributed by atoms with Crippen molar-refractivity contribution >= 4 is 11.8 Å². The van der Waals surface area contributed by atoms with Crippen LogP contribution in [0.25, 0.3) is 0 Å². The summed E-state index contributed by atoms with van der Waals surface area (Å²) < 4.78 is 0. The monoisotopic (exact) mass is 230 g/mol. The Balaban J connectivity index is 1.79. The Bertz CT molecular complexity index is 136. The predicted molar refractivity (Wildman–Crippen MR) is 70.8 cm³/mol. The molecular formula is C12H26N2S. The van der Waals surface area contributed by atoms with Gasteiger partial charge in [0.2, 0.25) is 0 Å². The summed E-state index contributed by atoms with van der Waals surface area (Å²) in [6.45, 7) is 5.17. The summed E-state index contributed by atoms with van der Waals surface area (Å²) in [6.07, 6.45) is 7.00. The molecule has 0 radical (unpaired) electrons. The van der Waals surface area contributed by atoms with E-state index in [9.17, 15) is 0 Å². The van der Waals surface area contributed by atoms with Crippen LogP contribution in [0.5, 0.6) is 0 Å². The summed E-state index contributed by atoms with van der Waals surface area (Å²) in [7, 11) is 2.04. The maximum absolute atomic E-state index is 3.20. The number of rotatable bonds is 8. The van der Waals surface area contributed by atoms with Gasteiger partial charge in [0, 0.05) is 24.6 Å². The lowest BCUT2D eigenvalue weighted by atomic mass is 10.1. The minimum absolute atomic E-state index is 1.18. The van der Waals surface area contributed by atoms with Crippen molar-refractivity contribution in [1.82, 2.24) is 10.2 Å². The van der Waals surface area contributed by atoms with E-state index in [4.69, 9.17) is 0 Å². The molecule has 0 aliphatic carbocycles. The number of thioether (sulfide) groups is 1. The highest BCUT2D eigenvalue weighted by Gasteiger charge is 2.08. The fraction of sp³-hybridized carbons (Fsp3) is 1.00. The van der Waals surface area contributed by atoms with Crippen molar-refractivity contribution in [1.29, 1.82) is 0 Å². The first-order chi connectivity index (χ1) is 7.43. The van der Waals surface area contributed by atoms with Gasteiger partial charge in [0.15, 0.2) is 0 Å². The van der Waals surface area contributed by atoms with Crippen LogP contribution in [0.1, 0.15) is 32.1 Å². The van der Waals surface area contributed by atoms with Crippen LogP contribution < -0.4 is 5.32 Å². The third-order valence-electron chi connectivity index (χ3n) is 3.00. The van der Waals surface area contributed by atoms with E-state index in [2.05, 4.69) is 22.0 Å². The standard InChI is InChI=1S/C12H26N2S/c1-13-7-5-3-2-4-6-8-14-9-11-15-12-10-14/h13H,2-12H2,1H3.